The Bertz CT molecular complexity index is 809. The first kappa shape index (κ1) is 21.9. The van der Waals surface area contributed by atoms with Crippen molar-refractivity contribution in [2.75, 3.05) is 6.61 Å². The second-order valence-electron chi connectivity index (χ2n) is 10.6. The largest absolute Gasteiger partial charge is 0.412 e. The zero-order chi connectivity index (χ0) is 21.6. The maximum absolute atomic E-state index is 7.03. The maximum atomic E-state index is 7.03. The van der Waals surface area contributed by atoms with Crippen LogP contribution in [0.25, 0.3) is 0 Å². The fourth-order valence-electron chi connectivity index (χ4n) is 4.99. The van der Waals surface area contributed by atoms with Crippen LogP contribution in [-0.2, 0) is 19.2 Å². The summed E-state index contributed by atoms with van der Waals surface area (Å²) in [5, 5.41) is 1.83. The SMILES string of the molecule is C[Si](C)(C)O[C@@H]1[C@@H]2[C@@H](CON2O[Si](C)(C)C)CC1(c1ccccc1)c1ccccc1. The Morgan fingerprint density at radius 1 is 0.833 bits per heavy atom. The van der Waals surface area contributed by atoms with Crippen LogP contribution in [0.3, 0.4) is 0 Å². The highest BCUT2D eigenvalue weighted by Gasteiger charge is 2.62. The number of hydrogen-bond acceptors (Lipinski definition) is 4. The molecule has 0 bridgehead atoms. The zero-order valence-corrected chi connectivity index (χ0v) is 21.1. The number of rotatable bonds is 6. The normalized spacial score (nSPS) is 26.7. The molecule has 30 heavy (non-hydrogen) atoms. The van der Waals surface area contributed by atoms with E-state index < -0.39 is 16.6 Å². The van der Waals surface area contributed by atoms with Gasteiger partial charge in [0.15, 0.2) is 8.32 Å². The van der Waals surface area contributed by atoms with Crippen molar-refractivity contribution in [3.63, 3.8) is 0 Å². The van der Waals surface area contributed by atoms with Crippen molar-refractivity contribution in [1.82, 2.24) is 5.23 Å². The Morgan fingerprint density at radius 2 is 1.37 bits per heavy atom. The average Bonchev–Trinajstić information content (AvgIpc) is 3.19. The smallest absolute Gasteiger partial charge is 0.215 e. The molecule has 3 atom stereocenters. The van der Waals surface area contributed by atoms with E-state index in [1.807, 2.05) is 5.23 Å². The van der Waals surface area contributed by atoms with Crippen LogP contribution in [0.2, 0.25) is 39.3 Å². The number of hydroxylamine groups is 2. The van der Waals surface area contributed by atoms with Gasteiger partial charge in [0.25, 0.3) is 0 Å². The number of hydrogen-bond donors (Lipinski definition) is 0. The first-order chi connectivity index (χ1) is 14.1. The number of benzene rings is 2. The molecular formula is C24H35NO3Si2. The van der Waals surface area contributed by atoms with Crippen LogP contribution >= 0.6 is 0 Å². The van der Waals surface area contributed by atoms with Crippen LogP contribution in [0, 0.1) is 5.92 Å². The summed E-state index contributed by atoms with van der Waals surface area (Å²) in [6.45, 7) is 14.1. The molecule has 1 aliphatic carbocycles. The fourth-order valence-corrected chi connectivity index (χ4v) is 6.81. The summed E-state index contributed by atoms with van der Waals surface area (Å²) in [6, 6.07) is 21.9. The minimum Gasteiger partial charge on any atom is -0.412 e. The van der Waals surface area contributed by atoms with E-state index in [0.29, 0.717) is 12.5 Å². The molecule has 1 heterocycles. The fraction of sp³-hybridized carbons (Fsp3) is 0.500. The zero-order valence-electron chi connectivity index (χ0n) is 19.1. The Balaban J connectivity index is 1.86. The molecule has 6 heteroatoms. The molecule has 1 saturated carbocycles. The second kappa shape index (κ2) is 8.00. The van der Waals surface area contributed by atoms with Gasteiger partial charge >= 0.3 is 0 Å². The molecule has 0 amide bonds. The van der Waals surface area contributed by atoms with Gasteiger partial charge in [-0.1, -0.05) is 65.9 Å². The van der Waals surface area contributed by atoms with Gasteiger partial charge in [-0.15, -0.1) is 0 Å². The van der Waals surface area contributed by atoms with Crippen molar-refractivity contribution < 1.29 is 13.8 Å². The van der Waals surface area contributed by atoms with Crippen molar-refractivity contribution in [1.29, 1.82) is 0 Å². The van der Waals surface area contributed by atoms with E-state index in [1.165, 1.54) is 11.1 Å². The Labute approximate surface area is 183 Å². The highest BCUT2D eigenvalue weighted by atomic mass is 28.4. The first-order valence-electron chi connectivity index (χ1n) is 11.0. The molecule has 4 rings (SSSR count). The average molecular weight is 442 g/mol. The maximum Gasteiger partial charge on any atom is 0.215 e. The summed E-state index contributed by atoms with van der Waals surface area (Å²) in [6.07, 6.45) is 0.963. The molecule has 0 spiro atoms. The van der Waals surface area contributed by atoms with Gasteiger partial charge in [0.2, 0.25) is 8.32 Å². The van der Waals surface area contributed by atoms with Crippen molar-refractivity contribution in [3.8, 4) is 0 Å². The minimum atomic E-state index is -1.85. The van der Waals surface area contributed by atoms with E-state index in [4.69, 9.17) is 13.8 Å². The standard InChI is InChI=1S/C24H35NO3Si2/c1-29(2,3)27-23-22-19(18-26-25(22)28-30(4,5)6)17-24(23,20-13-9-7-10-14-20)21-15-11-8-12-16-21/h7-16,19,22-23H,17-18H2,1-6H3/t19-,22+,23-/m1/s1. The molecule has 0 radical (unpaired) electrons. The van der Waals surface area contributed by atoms with E-state index in [1.54, 1.807) is 0 Å². The van der Waals surface area contributed by atoms with E-state index in [9.17, 15) is 0 Å². The predicted molar refractivity (Wildman–Crippen MR) is 126 cm³/mol. The predicted octanol–water partition coefficient (Wildman–Crippen LogP) is 5.60. The van der Waals surface area contributed by atoms with Crippen molar-refractivity contribution in [3.05, 3.63) is 71.8 Å². The van der Waals surface area contributed by atoms with Gasteiger partial charge in [-0.05, 0) is 56.8 Å². The lowest BCUT2D eigenvalue weighted by Crippen LogP contribution is -2.53. The molecule has 2 aliphatic rings. The van der Waals surface area contributed by atoms with Crippen LogP contribution in [0.4, 0.5) is 0 Å². The van der Waals surface area contributed by atoms with Crippen molar-refractivity contribution >= 4 is 16.6 Å². The summed E-state index contributed by atoms with van der Waals surface area (Å²) in [5.74, 6) is 0.364. The summed E-state index contributed by atoms with van der Waals surface area (Å²) in [7, 11) is -3.67. The highest BCUT2D eigenvalue weighted by Crippen LogP contribution is 2.54. The topological polar surface area (TPSA) is 30.9 Å². The molecule has 2 aromatic rings. The van der Waals surface area contributed by atoms with E-state index in [-0.39, 0.29) is 17.6 Å². The number of nitrogens with zero attached hydrogens (tertiary/aromatic N) is 1. The summed E-state index contributed by atoms with van der Waals surface area (Å²) < 4.78 is 13.4. The lowest BCUT2D eigenvalue weighted by Gasteiger charge is -2.43. The minimum absolute atomic E-state index is 0.0298. The Hall–Kier alpha value is -1.29. The molecule has 2 fully saturated rings. The third kappa shape index (κ3) is 4.22. The van der Waals surface area contributed by atoms with Crippen LogP contribution in [0.1, 0.15) is 17.5 Å². The van der Waals surface area contributed by atoms with E-state index in [2.05, 4.69) is 99.9 Å². The lowest BCUT2D eigenvalue weighted by atomic mass is 9.71. The molecule has 1 aliphatic heterocycles. The Morgan fingerprint density at radius 3 is 1.83 bits per heavy atom. The van der Waals surface area contributed by atoms with Gasteiger partial charge in [0, 0.05) is 11.3 Å². The van der Waals surface area contributed by atoms with Gasteiger partial charge in [0.05, 0.1) is 18.8 Å². The number of fused-ring (bicyclic) bond motifs is 1. The molecule has 0 aromatic heterocycles. The molecule has 162 valence electrons. The van der Waals surface area contributed by atoms with E-state index in [0.717, 1.165) is 6.42 Å². The molecular weight excluding hydrogens is 406 g/mol. The van der Waals surface area contributed by atoms with Crippen molar-refractivity contribution in [2.45, 2.75) is 63.3 Å². The van der Waals surface area contributed by atoms with Crippen LogP contribution < -0.4 is 0 Å². The van der Waals surface area contributed by atoms with Gasteiger partial charge in [-0.25, -0.2) is 0 Å². The van der Waals surface area contributed by atoms with Gasteiger partial charge in [0.1, 0.15) is 0 Å². The third-order valence-electron chi connectivity index (χ3n) is 5.94. The van der Waals surface area contributed by atoms with Gasteiger partial charge < -0.3 is 8.95 Å². The summed E-state index contributed by atoms with van der Waals surface area (Å²) in [5.41, 5.74) is 2.42. The lowest BCUT2D eigenvalue weighted by molar-refractivity contribution is -0.320. The first-order valence-corrected chi connectivity index (χ1v) is 17.8. The van der Waals surface area contributed by atoms with Gasteiger partial charge in [-0.2, -0.15) is 0 Å². The Kier molecular flexibility index (Phi) is 5.85. The molecule has 0 N–H and O–H groups in total. The van der Waals surface area contributed by atoms with Gasteiger partial charge in [-0.3, -0.25) is 4.84 Å². The quantitative estimate of drug-likeness (QED) is 0.546. The molecule has 0 unspecified atom stereocenters. The third-order valence-corrected chi connectivity index (χ3v) is 7.63. The van der Waals surface area contributed by atoms with Crippen molar-refractivity contribution in [2.24, 2.45) is 5.92 Å². The highest BCUT2D eigenvalue weighted by molar-refractivity contribution is 6.70. The molecule has 1 saturated heterocycles. The van der Waals surface area contributed by atoms with Crippen LogP contribution in [0.5, 0.6) is 0 Å². The molecule has 2 aromatic carbocycles. The van der Waals surface area contributed by atoms with Crippen LogP contribution in [0.15, 0.2) is 60.7 Å². The second-order valence-corrected chi connectivity index (χ2v) is 19.5. The van der Waals surface area contributed by atoms with Crippen LogP contribution in [-0.4, -0.2) is 40.6 Å². The summed E-state index contributed by atoms with van der Waals surface area (Å²) in [4.78, 5) is 6.09. The summed E-state index contributed by atoms with van der Waals surface area (Å²) >= 11 is 0. The monoisotopic (exact) mass is 441 g/mol. The molecule has 4 nitrogen and oxygen atoms in total. The van der Waals surface area contributed by atoms with E-state index >= 15 is 0 Å².